The quantitative estimate of drug-likeness (QED) is 0.857. The van der Waals surface area contributed by atoms with E-state index in [0.717, 1.165) is 5.01 Å². The highest BCUT2D eigenvalue weighted by Crippen LogP contribution is 2.28. The Morgan fingerprint density at radius 2 is 2.20 bits per heavy atom. The molecular weight excluding hydrogens is 208 g/mol. The molecule has 0 saturated heterocycles. The zero-order chi connectivity index (χ0) is 11.4. The number of hydrogen-bond donors (Lipinski definition) is 1. The van der Waals surface area contributed by atoms with Gasteiger partial charge in [0, 0.05) is 30.5 Å². The molecule has 1 amide bonds. The Labute approximate surface area is 94.9 Å². The number of nitrogens with zero attached hydrogens (tertiary/aromatic N) is 1. The molecule has 0 aliphatic carbocycles. The molecule has 1 heterocycles. The molecule has 1 N–H and O–H groups in total. The van der Waals surface area contributed by atoms with Crippen molar-refractivity contribution in [2.24, 2.45) is 0 Å². The number of hydrogen-bond acceptors (Lipinski definition) is 3. The Balaban J connectivity index is 2.65. The van der Waals surface area contributed by atoms with Crippen LogP contribution in [-0.2, 0) is 4.79 Å². The Hall–Kier alpha value is -0.900. The van der Waals surface area contributed by atoms with Gasteiger partial charge in [0.1, 0.15) is 0 Å². The van der Waals surface area contributed by atoms with Gasteiger partial charge in [0.05, 0.1) is 5.01 Å². The summed E-state index contributed by atoms with van der Waals surface area (Å²) in [5.74, 6) is 0.801. The first-order valence-corrected chi connectivity index (χ1v) is 6.02. The van der Waals surface area contributed by atoms with Crippen LogP contribution in [0, 0.1) is 0 Å². The minimum Gasteiger partial charge on any atom is -0.359 e. The van der Waals surface area contributed by atoms with Gasteiger partial charge in [0.2, 0.25) is 5.91 Å². The largest absolute Gasteiger partial charge is 0.359 e. The van der Waals surface area contributed by atoms with Gasteiger partial charge >= 0.3 is 0 Å². The van der Waals surface area contributed by atoms with Crippen LogP contribution >= 0.6 is 11.3 Å². The second-order valence-corrected chi connectivity index (χ2v) is 5.13. The number of carbonyl (C=O) groups is 1. The second kappa shape index (κ2) is 5.26. The van der Waals surface area contributed by atoms with Gasteiger partial charge in [-0.3, -0.25) is 4.79 Å². The van der Waals surface area contributed by atoms with Crippen LogP contribution in [0.4, 0.5) is 0 Å². The molecule has 1 atom stereocenters. The van der Waals surface area contributed by atoms with Crippen LogP contribution in [0.3, 0.4) is 0 Å². The maximum Gasteiger partial charge on any atom is 0.220 e. The highest BCUT2D eigenvalue weighted by Gasteiger charge is 2.14. The van der Waals surface area contributed by atoms with Crippen LogP contribution in [0.25, 0.3) is 0 Å². The summed E-state index contributed by atoms with van der Waals surface area (Å²) < 4.78 is 0. The van der Waals surface area contributed by atoms with Crippen molar-refractivity contribution in [3.63, 3.8) is 0 Å². The smallest absolute Gasteiger partial charge is 0.220 e. The number of rotatable bonds is 4. The molecule has 1 rings (SSSR count). The number of nitrogens with one attached hydrogen (secondary N) is 1. The first kappa shape index (κ1) is 12.2. The van der Waals surface area contributed by atoms with E-state index in [1.807, 2.05) is 13.1 Å². The normalized spacial score (nSPS) is 12.9. The average Bonchev–Trinajstić information content (AvgIpc) is 2.66. The van der Waals surface area contributed by atoms with E-state index in [1.54, 1.807) is 18.4 Å². The lowest BCUT2D eigenvalue weighted by Crippen LogP contribution is -2.19. The number of thiazole rings is 1. The summed E-state index contributed by atoms with van der Waals surface area (Å²) in [4.78, 5) is 16.9. The van der Waals surface area contributed by atoms with Crippen LogP contribution in [0.2, 0.25) is 0 Å². The lowest BCUT2D eigenvalue weighted by molar-refractivity contribution is -0.120. The maximum absolute atomic E-state index is 11.2. The van der Waals surface area contributed by atoms with Crippen LogP contribution in [0.15, 0.2) is 6.20 Å². The van der Waals surface area contributed by atoms with Gasteiger partial charge in [-0.15, -0.1) is 11.3 Å². The predicted octanol–water partition coefficient (Wildman–Crippen LogP) is 2.51. The molecule has 0 aliphatic heterocycles. The predicted molar refractivity (Wildman–Crippen MR) is 63.3 cm³/mol. The average molecular weight is 226 g/mol. The monoisotopic (exact) mass is 226 g/mol. The standard InChI is InChI=1S/C11H18N2OS/c1-7(2)9-6-13-11(15-9)8(3)5-10(14)12-4/h6-8H,5H2,1-4H3,(H,12,14). The van der Waals surface area contributed by atoms with E-state index < -0.39 is 0 Å². The SMILES string of the molecule is CNC(=O)CC(C)c1ncc(C(C)C)s1. The fourth-order valence-electron chi connectivity index (χ4n) is 1.26. The van der Waals surface area contributed by atoms with Crippen molar-refractivity contribution < 1.29 is 4.79 Å². The highest BCUT2D eigenvalue weighted by atomic mass is 32.1. The van der Waals surface area contributed by atoms with Crippen LogP contribution in [-0.4, -0.2) is 17.9 Å². The molecule has 15 heavy (non-hydrogen) atoms. The van der Waals surface area contributed by atoms with Gasteiger partial charge in [0.15, 0.2) is 0 Å². The summed E-state index contributed by atoms with van der Waals surface area (Å²) in [6.07, 6.45) is 2.44. The summed E-state index contributed by atoms with van der Waals surface area (Å²) >= 11 is 1.71. The van der Waals surface area contributed by atoms with Crippen molar-refractivity contribution in [3.05, 3.63) is 16.1 Å². The lowest BCUT2D eigenvalue weighted by Gasteiger charge is -2.06. The van der Waals surface area contributed by atoms with Crippen LogP contribution in [0.1, 0.15) is 48.9 Å². The summed E-state index contributed by atoms with van der Waals surface area (Å²) in [6.45, 7) is 6.35. The molecule has 1 aromatic rings. The van der Waals surface area contributed by atoms with Gasteiger partial charge in [-0.1, -0.05) is 20.8 Å². The summed E-state index contributed by atoms with van der Waals surface area (Å²) in [6, 6.07) is 0. The van der Waals surface area contributed by atoms with Crippen molar-refractivity contribution in [1.82, 2.24) is 10.3 Å². The van der Waals surface area contributed by atoms with E-state index in [0.29, 0.717) is 12.3 Å². The molecule has 84 valence electrons. The second-order valence-electron chi connectivity index (χ2n) is 4.03. The van der Waals surface area contributed by atoms with Crippen LogP contribution in [0.5, 0.6) is 0 Å². The van der Waals surface area contributed by atoms with Gasteiger partial charge < -0.3 is 5.32 Å². The summed E-state index contributed by atoms with van der Waals surface area (Å²) in [7, 11) is 1.66. The van der Waals surface area contributed by atoms with Crippen LogP contribution < -0.4 is 5.32 Å². The van der Waals surface area contributed by atoms with Gasteiger partial charge in [-0.2, -0.15) is 0 Å². The third-order valence-electron chi connectivity index (χ3n) is 2.30. The lowest BCUT2D eigenvalue weighted by atomic mass is 10.1. The molecule has 0 bridgehead atoms. The molecule has 1 aromatic heterocycles. The molecule has 0 aliphatic rings. The number of aromatic nitrogens is 1. The van der Waals surface area contributed by atoms with E-state index in [9.17, 15) is 4.79 Å². The zero-order valence-electron chi connectivity index (χ0n) is 9.70. The summed E-state index contributed by atoms with van der Waals surface area (Å²) in [5, 5.41) is 3.69. The third kappa shape index (κ3) is 3.30. The Morgan fingerprint density at radius 3 is 2.67 bits per heavy atom. The van der Waals surface area contributed by atoms with Crippen molar-refractivity contribution in [2.45, 2.75) is 39.0 Å². The van der Waals surface area contributed by atoms with E-state index in [4.69, 9.17) is 0 Å². The Morgan fingerprint density at radius 1 is 1.53 bits per heavy atom. The molecule has 0 radical (unpaired) electrons. The van der Waals surface area contributed by atoms with E-state index in [1.165, 1.54) is 4.88 Å². The molecule has 0 fully saturated rings. The zero-order valence-corrected chi connectivity index (χ0v) is 10.5. The van der Waals surface area contributed by atoms with Crippen molar-refractivity contribution in [2.75, 3.05) is 7.05 Å². The molecule has 3 nitrogen and oxygen atoms in total. The molecular formula is C11H18N2OS. The van der Waals surface area contributed by atoms with Crippen molar-refractivity contribution >= 4 is 17.2 Å². The van der Waals surface area contributed by atoms with E-state index in [2.05, 4.69) is 24.1 Å². The fraction of sp³-hybridized carbons (Fsp3) is 0.636. The van der Waals surface area contributed by atoms with Gasteiger partial charge in [0.25, 0.3) is 0 Å². The minimum atomic E-state index is 0.0730. The molecule has 1 unspecified atom stereocenters. The maximum atomic E-state index is 11.2. The Kier molecular flexibility index (Phi) is 4.27. The first-order chi connectivity index (χ1) is 7.04. The van der Waals surface area contributed by atoms with Gasteiger partial charge in [-0.25, -0.2) is 4.98 Å². The first-order valence-electron chi connectivity index (χ1n) is 5.20. The Bertz CT molecular complexity index is 333. The number of carbonyl (C=O) groups excluding carboxylic acids is 1. The molecule has 0 spiro atoms. The molecule has 4 heteroatoms. The molecule has 0 aromatic carbocycles. The van der Waals surface area contributed by atoms with E-state index >= 15 is 0 Å². The van der Waals surface area contributed by atoms with E-state index in [-0.39, 0.29) is 11.8 Å². The highest BCUT2D eigenvalue weighted by molar-refractivity contribution is 7.11. The topological polar surface area (TPSA) is 42.0 Å². The van der Waals surface area contributed by atoms with Gasteiger partial charge in [-0.05, 0) is 5.92 Å². The van der Waals surface area contributed by atoms with Crippen molar-refractivity contribution in [1.29, 1.82) is 0 Å². The fourth-order valence-corrected chi connectivity index (χ4v) is 2.24. The summed E-state index contributed by atoms with van der Waals surface area (Å²) in [5.41, 5.74) is 0. The van der Waals surface area contributed by atoms with Crippen molar-refractivity contribution in [3.8, 4) is 0 Å². The minimum absolute atomic E-state index is 0.0730. The number of amides is 1. The third-order valence-corrected chi connectivity index (χ3v) is 3.83. The molecule has 0 saturated carbocycles.